The van der Waals surface area contributed by atoms with Crippen molar-refractivity contribution in [1.82, 2.24) is 20.4 Å². The van der Waals surface area contributed by atoms with E-state index in [-0.39, 0.29) is 17.9 Å². The van der Waals surface area contributed by atoms with Gasteiger partial charge in [0.25, 0.3) is 5.91 Å². The van der Waals surface area contributed by atoms with Gasteiger partial charge in [-0.1, -0.05) is 12.1 Å². The van der Waals surface area contributed by atoms with Crippen molar-refractivity contribution in [3.05, 3.63) is 47.8 Å². The minimum atomic E-state index is -0.171. The van der Waals surface area contributed by atoms with Gasteiger partial charge in [-0.2, -0.15) is 5.10 Å². The summed E-state index contributed by atoms with van der Waals surface area (Å²) in [5, 5.41) is 13.7. The molecular weight excluding hydrogens is 342 g/mol. The fourth-order valence-corrected chi connectivity index (χ4v) is 3.81. The third kappa shape index (κ3) is 4.19. The monoisotopic (exact) mass is 367 g/mol. The van der Waals surface area contributed by atoms with Crippen molar-refractivity contribution in [3.63, 3.8) is 0 Å². The van der Waals surface area contributed by atoms with Crippen molar-refractivity contribution in [2.75, 3.05) is 18.4 Å². The van der Waals surface area contributed by atoms with E-state index in [4.69, 9.17) is 0 Å². The highest BCUT2D eigenvalue weighted by atomic mass is 16.2. The van der Waals surface area contributed by atoms with Crippen LogP contribution < -0.4 is 16.0 Å². The Kier molecular flexibility index (Phi) is 5.20. The van der Waals surface area contributed by atoms with E-state index in [1.54, 1.807) is 6.20 Å². The lowest BCUT2D eigenvalue weighted by Crippen LogP contribution is -2.32. The predicted octanol–water partition coefficient (Wildman–Crippen LogP) is 2.40. The van der Waals surface area contributed by atoms with Crippen LogP contribution in [-0.2, 0) is 4.79 Å². The lowest BCUT2D eigenvalue weighted by molar-refractivity contribution is -0.123. The third-order valence-electron chi connectivity index (χ3n) is 5.29. The maximum Gasteiger partial charge on any atom is 0.258 e. The number of nitrogens with one attached hydrogen (secondary N) is 3. The first kappa shape index (κ1) is 17.7. The van der Waals surface area contributed by atoms with Crippen LogP contribution in [0.4, 0.5) is 5.69 Å². The Morgan fingerprint density at radius 2 is 2.19 bits per heavy atom. The van der Waals surface area contributed by atoms with Gasteiger partial charge in [0, 0.05) is 24.8 Å². The molecule has 2 aromatic rings. The Morgan fingerprint density at radius 1 is 1.26 bits per heavy atom. The minimum absolute atomic E-state index is 0.0182. The zero-order chi connectivity index (χ0) is 18.6. The van der Waals surface area contributed by atoms with E-state index >= 15 is 0 Å². The molecule has 2 atom stereocenters. The second-order valence-electron chi connectivity index (χ2n) is 7.30. The largest absolute Gasteiger partial charge is 0.349 e. The van der Waals surface area contributed by atoms with Crippen LogP contribution in [0.25, 0.3) is 0 Å². The molecule has 2 amide bonds. The van der Waals surface area contributed by atoms with E-state index in [0.717, 1.165) is 50.0 Å². The lowest BCUT2D eigenvalue weighted by atomic mass is 9.97. The summed E-state index contributed by atoms with van der Waals surface area (Å²) >= 11 is 0. The maximum atomic E-state index is 12.6. The lowest BCUT2D eigenvalue weighted by Gasteiger charge is -2.24. The maximum absolute atomic E-state index is 12.6. The molecule has 27 heavy (non-hydrogen) atoms. The van der Waals surface area contributed by atoms with Gasteiger partial charge in [-0.05, 0) is 49.9 Å². The summed E-state index contributed by atoms with van der Waals surface area (Å²) in [5.74, 6) is -0.0832. The standard InChI is InChI=1S/C20H25N5O2/c26-19-8-2-7-18(24-19)14-4-1-5-16(10-14)23-20(27)15-11-22-25(13-15)17-6-3-9-21-12-17/h1,4-5,10-11,13,17-18,21H,2-3,6-9,12H2,(H,23,27)(H,24,26). The molecule has 3 N–H and O–H groups in total. The molecule has 1 aromatic heterocycles. The van der Waals surface area contributed by atoms with Crippen LogP contribution in [0.5, 0.6) is 0 Å². The molecular formula is C20H25N5O2. The molecule has 0 aliphatic carbocycles. The van der Waals surface area contributed by atoms with Crippen molar-refractivity contribution >= 4 is 17.5 Å². The Morgan fingerprint density at radius 3 is 3.00 bits per heavy atom. The number of carbonyl (C=O) groups is 2. The van der Waals surface area contributed by atoms with Gasteiger partial charge in [-0.25, -0.2) is 0 Å². The normalized spacial score (nSPS) is 22.9. The van der Waals surface area contributed by atoms with E-state index in [1.807, 2.05) is 35.1 Å². The summed E-state index contributed by atoms with van der Waals surface area (Å²) < 4.78 is 1.88. The van der Waals surface area contributed by atoms with Gasteiger partial charge >= 0.3 is 0 Å². The third-order valence-corrected chi connectivity index (χ3v) is 5.29. The van der Waals surface area contributed by atoms with Gasteiger partial charge in [0.2, 0.25) is 5.91 Å². The molecule has 4 rings (SSSR count). The highest BCUT2D eigenvalue weighted by Gasteiger charge is 2.21. The molecule has 3 heterocycles. The molecule has 2 fully saturated rings. The molecule has 0 spiro atoms. The Hall–Kier alpha value is -2.67. The number of amides is 2. The molecule has 2 aliphatic rings. The minimum Gasteiger partial charge on any atom is -0.349 e. The molecule has 1 aromatic carbocycles. The number of aromatic nitrogens is 2. The average Bonchev–Trinajstić information content (AvgIpc) is 3.19. The number of rotatable bonds is 4. The Bertz CT molecular complexity index is 825. The Labute approximate surface area is 158 Å². The summed E-state index contributed by atoms with van der Waals surface area (Å²) in [4.78, 5) is 24.2. The first-order valence-corrected chi connectivity index (χ1v) is 9.64. The summed E-state index contributed by atoms with van der Waals surface area (Å²) in [6.45, 7) is 1.93. The van der Waals surface area contributed by atoms with Crippen molar-refractivity contribution in [2.45, 2.75) is 44.2 Å². The smallest absolute Gasteiger partial charge is 0.258 e. The topological polar surface area (TPSA) is 88.0 Å². The second kappa shape index (κ2) is 7.92. The molecule has 7 heteroatoms. The second-order valence-corrected chi connectivity index (χ2v) is 7.30. The number of nitrogens with zero attached hydrogens (tertiary/aromatic N) is 2. The molecule has 2 aliphatic heterocycles. The summed E-state index contributed by atoms with van der Waals surface area (Å²) in [5.41, 5.74) is 2.30. The van der Waals surface area contributed by atoms with Gasteiger partial charge < -0.3 is 16.0 Å². The fraction of sp³-hybridized carbons (Fsp3) is 0.450. The van der Waals surface area contributed by atoms with Crippen LogP contribution in [0, 0.1) is 0 Å². The first-order valence-electron chi connectivity index (χ1n) is 9.64. The van der Waals surface area contributed by atoms with Crippen molar-refractivity contribution in [2.24, 2.45) is 0 Å². The molecule has 0 bridgehead atoms. The molecule has 142 valence electrons. The highest BCUT2D eigenvalue weighted by molar-refractivity contribution is 6.04. The highest BCUT2D eigenvalue weighted by Crippen LogP contribution is 2.25. The van der Waals surface area contributed by atoms with E-state index in [0.29, 0.717) is 18.0 Å². The number of hydrogen-bond donors (Lipinski definition) is 3. The zero-order valence-electron chi connectivity index (χ0n) is 15.3. The summed E-state index contributed by atoms with van der Waals surface area (Å²) in [6.07, 6.45) is 8.04. The predicted molar refractivity (Wildman–Crippen MR) is 102 cm³/mol. The van der Waals surface area contributed by atoms with Gasteiger partial charge in [-0.3, -0.25) is 14.3 Å². The van der Waals surface area contributed by atoms with E-state index < -0.39 is 0 Å². The van der Waals surface area contributed by atoms with E-state index in [9.17, 15) is 9.59 Å². The fourth-order valence-electron chi connectivity index (χ4n) is 3.81. The summed E-state index contributed by atoms with van der Waals surface area (Å²) in [6, 6.07) is 8.01. The molecule has 2 unspecified atom stereocenters. The van der Waals surface area contributed by atoms with Crippen LogP contribution in [0.3, 0.4) is 0 Å². The SMILES string of the molecule is O=C1CCCC(c2cccc(NC(=O)c3cnn(C4CCCNC4)c3)c2)N1. The summed E-state index contributed by atoms with van der Waals surface area (Å²) in [7, 11) is 0. The van der Waals surface area contributed by atoms with E-state index in [2.05, 4.69) is 21.0 Å². The van der Waals surface area contributed by atoms with Crippen LogP contribution in [-0.4, -0.2) is 34.7 Å². The van der Waals surface area contributed by atoms with Crippen LogP contribution in [0.1, 0.15) is 60.1 Å². The molecule has 0 radical (unpaired) electrons. The molecule has 0 saturated carbocycles. The van der Waals surface area contributed by atoms with Gasteiger partial charge in [-0.15, -0.1) is 0 Å². The van der Waals surface area contributed by atoms with Gasteiger partial charge in [0.15, 0.2) is 0 Å². The van der Waals surface area contributed by atoms with Crippen molar-refractivity contribution in [3.8, 4) is 0 Å². The average molecular weight is 367 g/mol. The number of piperidine rings is 2. The van der Waals surface area contributed by atoms with Crippen LogP contribution in [0.15, 0.2) is 36.7 Å². The molecule has 7 nitrogen and oxygen atoms in total. The number of anilines is 1. The number of carbonyl (C=O) groups excluding carboxylic acids is 2. The quantitative estimate of drug-likeness (QED) is 0.774. The van der Waals surface area contributed by atoms with Crippen molar-refractivity contribution in [1.29, 1.82) is 0 Å². The van der Waals surface area contributed by atoms with Gasteiger partial charge in [0.05, 0.1) is 23.8 Å². The first-order chi connectivity index (χ1) is 13.2. The molecule has 2 saturated heterocycles. The van der Waals surface area contributed by atoms with Crippen molar-refractivity contribution < 1.29 is 9.59 Å². The van der Waals surface area contributed by atoms with Gasteiger partial charge in [0.1, 0.15) is 0 Å². The number of benzene rings is 1. The van der Waals surface area contributed by atoms with Crippen LogP contribution in [0.2, 0.25) is 0 Å². The Balaban J connectivity index is 1.43. The van der Waals surface area contributed by atoms with Crippen LogP contribution >= 0.6 is 0 Å². The number of hydrogen-bond acceptors (Lipinski definition) is 4. The zero-order valence-corrected chi connectivity index (χ0v) is 15.3. The van der Waals surface area contributed by atoms with E-state index in [1.165, 1.54) is 0 Å².